The minimum Gasteiger partial charge on any atom is -0.479 e. The predicted octanol–water partition coefficient (Wildman–Crippen LogP) is 3.43. The highest BCUT2D eigenvalue weighted by molar-refractivity contribution is 5.85. The van der Waals surface area contributed by atoms with Crippen molar-refractivity contribution in [2.45, 2.75) is 57.1 Å². The average molecular weight is 481 g/mol. The summed E-state index contributed by atoms with van der Waals surface area (Å²) in [6.45, 7) is 2.64. The van der Waals surface area contributed by atoms with Gasteiger partial charge in [0.1, 0.15) is 6.61 Å². The van der Waals surface area contributed by atoms with Gasteiger partial charge in [-0.05, 0) is 48.9 Å². The fourth-order valence-electron chi connectivity index (χ4n) is 5.15. The number of hydrogen-bond acceptors (Lipinski definition) is 5. The molecule has 4 rings (SSSR count). The van der Waals surface area contributed by atoms with E-state index >= 15 is 0 Å². The fraction of sp³-hybridized carbons (Fsp3) is 0.444. The number of amides is 2. The Balaban J connectivity index is 1.41. The molecule has 0 bridgehead atoms. The summed E-state index contributed by atoms with van der Waals surface area (Å²) in [6, 6.07) is 15.7. The van der Waals surface area contributed by atoms with Gasteiger partial charge < -0.3 is 25.6 Å². The van der Waals surface area contributed by atoms with E-state index in [1.165, 1.54) is 0 Å². The van der Waals surface area contributed by atoms with Crippen LogP contribution >= 0.6 is 0 Å². The summed E-state index contributed by atoms with van der Waals surface area (Å²) in [5.74, 6) is -1.88. The van der Waals surface area contributed by atoms with Crippen LogP contribution in [0.2, 0.25) is 0 Å². The molecule has 0 heterocycles. The van der Waals surface area contributed by atoms with Crippen molar-refractivity contribution in [3.63, 3.8) is 0 Å². The van der Waals surface area contributed by atoms with Crippen LogP contribution in [0.15, 0.2) is 48.5 Å². The van der Waals surface area contributed by atoms with Gasteiger partial charge in [0.05, 0.1) is 12.0 Å². The number of ether oxygens (including phenoxy) is 1. The normalized spacial score (nSPS) is 22.9. The van der Waals surface area contributed by atoms with Crippen LogP contribution in [0.25, 0.3) is 11.1 Å². The van der Waals surface area contributed by atoms with Gasteiger partial charge in [0.25, 0.3) is 0 Å². The zero-order valence-electron chi connectivity index (χ0n) is 20.0. The van der Waals surface area contributed by atoms with Gasteiger partial charge in [-0.25, -0.2) is 9.59 Å². The van der Waals surface area contributed by atoms with Gasteiger partial charge in [-0.3, -0.25) is 4.79 Å². The molecule has 0 spiro atoms. The van der Waals surface area contributed by atoms with Crippen molar-refractivity contribution >= 4 is 18.0 Å². The van der Waals surface area contributed by atoms with Crippen LogP contribution in [0.3, 0.4) is 0 Å². The van der Waals surface area contributed by atoms with E-state index in [-0.39, 0.29) is 12.5 Å². The quantitative estimate of drug-likeness (QED) is 0.481. The summed E-state index contributed by atoms with van der Waals surface area (Å²) in [5, 5.41) is 24.5. The maximum absolute atomic E-state index is 13.0. The molecular formula is C27H32N2O6. The van der Waals surface area contributed by atoms with Crippen molar-refractivity contribution < 1.29 is 29.3 Å². The van der Waals surface area contributed by atoms with Crippen molar-refractivity contribution in [1.82, 2.24) is 10.6 Å². The number of aliphatic hydroxyl groups is 1. The first kappa shape index (κ1) is 24.7. The number of benzene rings is 2. The molecule has 35 heavy (non-hydrogen) atoms. The first-order valence-corrected chi connectivity index (χ1v) is 12.0. The Kier molecular flexibility index (Phi) is 6.85. The van der Waals surface area contributed by atoms with E-state index in [9.17, 15) is 19.5 Å². The molecule has 1 fully saturated rings. The maximum atomic E-state index is 13.0. The maximum Gasteiger partial charge on any atom is 0.407 e. The lowest BCUT2D eigenvalue weighted by Gasteiger charge is -2.40. The lowest BCUT2D eigenvalue weighted by Crippen LogP contribution is -2.57. The van der Waals surface area contributed by atoms with Gasteiger partial charge in [0.15, 0.2) is 5.60 Å². The van der Waals surface area contributed by atoms with Crippen LogP contribution in [-0.2, 0) is 14.3 Å². The Bertz CT molecular complexity index is 1080. The minimum atomic E-state index is -2.07. The molecule has 3 atom stereocenters. The lowest BCUT2D eigenvalue weighted by atomic mass is 9.71. The van der Waals surface area contributed by atoms with E-state index in [1.54, 1.807) is 6.92 Å². The summed E-state index contributed by atoms with van der Waals surface area (Å²) in [4.78, 5) is 37.0. The highest BCUT2D eigenvalue weighted by atomic mass is 16.5. The Morgan fingerprint density at radius 2 is 1.66 bits per heavy atom. The monoisotopic (exact) mass is 480 g/mol. The SMILES string of the molecule is CC(O)(CNC(=O)C1(C)CCCCC1NC(=O)OCC1c2ccccc2-c2ccccc21)C(=O)O. The van der Waals surface area contributed by atoms with E-state index in [4.69, 9.17) is 9.84 Å². The molecule has 186 valence electrons. The van der Waals surface area contributed by atoms with Gasteiger partial charge in [0.2, 0.25) is 5.91 Å². The van der Waals surface area contributed by atoms with E-state index < -0.39 is 41.6 Å². The number of alkyl carbamates (subject to hydrolysis) is 1. The molecule has 2 aliphatic rings. The van der Waals surface area contributed by atoms with Gasteiger partial charge in [-0.1, -0.05) is 61.4 Å². The first-order valence-electron chi connectivity index (χ1n) is 12.0. The zero-order chi connectivity index (χ0) is 25.2. The molecule has 0 radical (unpaired) electrons. The van der Waals surface area contributed by atoms with Crippen LogP contribution in [-0.4, -0.2) is 53.0 Å². The number of carbonyl (C=O) groups excluding carboxylic acids is 2. The van der Waals surface area contributed by atoms with Gasteiger partial charge in [0, 0.05) is 12.0 Å². The molecule has 3 unspecified atom stereocenters. The molecule has 4 N–H and O–H groups in total. The number of carbonyl (C=O) groups is 3. The molecule has 2 amide bonds. The van der Waals surface area contributed by atoms with E-state index in [0.29, 0.717) is 12.8 Å². The van der Waals surface area contributed by atoms with Crippen LogP contribution in [0.5, 0.6) is 0 Å². The Morgan fingerprint density at radius 3 is 2.26 bits per heavy atom. The molecule has 0 aliphatic heterocycles. The number of hydrogen-bond donors (Lipinski definition) is 4. The Hall–Kier alpha value is -3.39. The number of rotatable bonds is 7. The van der Waals surface area contributed by atoms with Crippen molar-refractivity contribution in [2.75, 3.05) is 13.2 Å². The number of aliphatic carboxylic acids is 1. The number of fused-ring (bicyclic) bond motifs is 3. The standard InChI is InChI=1S/C27H32N2O6/c1-26(23(30)28-16-27(2,34)24(31)32)14-8-7-13-22(26)29-25(33)35-15-21-19-11-5-3-9-17(19)18-10-4-6-12-20(18)21/h3-6,9-12,21-22,34H,7-8,13-16H2,1-2H3,(H,28,30)(H,29,33)(H,31,32). The second-order valence-electron chi connectivity index (χ2n) is 9.95. The average Bonchev–Trinajstić information content (AvgIpc) is 3.16. The minimum absolute atomic E-state index is 0.0626. The molecular weight excluding hydrogens is 448 g/mol. The second-order valence-corrected chi connectivity index (χ2v) is 9.95. The molecule has 8 nitrogen and oxygen atoms in total. The highest BCUT2D eigenvalue weighted by Gasteiger charge is 2.45. The smallest absolute Gasteiger partial charge is 0.407 e. The van der Waals surface area contributed by atoms with E-state index in [0.717, 1.165) is 42.0 Å². The summed E-state index contributed by atoms with van der Waals surface area (Å²) < 4.78 is 5.66. The van der Waals surface area contributed by atoms with Crippen molar-refractivity contribution in [3.8, 4) is 11.1 Å². The summed E-state index contributed by atoms with van der Waals surface area (Å²) in [5.41, 5.74) is 1.51. The third-order valence-electron chi connectivity index (χ3n) is 7.42. The summed E-state index contributed by atoms with van der Waals surface area (Å²) in [7, 11) is 0. The lowest BCUT2D eigenvalue weighted by molar-refractivity contribution is -0.156. The zero-order valence-corrected chi connectivity index (χ0v) is 20.0. The molecule has 2 aliphatic carbocycles. The van der Waals surface area contributed by atoms with Gasteiger partial charge in [-0.15, -0.1) is 0 Å². The van der Waals surface area contributed by atoms with Crippen LogP contribution in [0, 0.1) is 5.41 Å². The summed E-state index contributed by atoms with van der Waals surface area (Å²) >= 11 is 0. The summed E-state index contributed by atoms with van der Waals surface area (Å²) in [6.07, 6.45) is 2.20. The largest absolute Gasteiger partial charge is 0.479 e. The molecule has 8 heteroatoms. The van der Waals surface area contributed by atoms with Crippen LogP contribution in [0.1, 0.15) is 56.6 Å². The van der Waals surface area contributed by atoms with Crippen molar-refractivity contribution in [3.05, 3.63) is 59.7 Å². The number of carboxylic acid groups (broad SMARTS) is 1. The van der Waals surface area contributed by atoms with Crippen molar-refractivity contribution in [2.24, 2.45) is 5.41 Å². The molecule has 0 saturated heterocycles. The van der Waals surface area contributed by atoms with Gasteiger partial charge in [-0.2, -0.15) is 0 Å². The predicted molar refractivity (Wildman–Crippen MR) is 130 cm³/mol. The van der Waals surface area contributed by atoms with Crippen LogP contribution in [0.4, 0.5) is 4.79 Å². The number of carboxylic acids is 1. The second kappa shape index (κ2) is 9.70. The molecule has 2 aromatic carbocycles. The molecule has 0 aromatic heterocycles. The fourth-order valence-corrected chi connectivity index (χ4v) is 5.15. The Labute approximate surface area is 204 Å². The third-order valence-corrected chi connectivity index (χ3v) is 7.42. The molecule has 2 aromatic rings. The third kappa shape index (κ3) is 4.89. The highest BCUT2D eigenvalue weighted by Crippen LogP contribution is 2.44. The van der Waals surface area contributed by atoms with Crippen LogP contribution < -0.4 is 10.6 Å². The molecule has 1 saturated carbocycles. The first-order chi connectivity index (χ1) is 16.6. The van der Waals surface area contributed by atoms with E-state index in [1.807, 2.05) is 24.3 Å². The number of nitrogens with one attached hydrogen (secondary N) is 2. The topological polar surface area (TPSA) is 125 Å². The van der Waals surface area contributed by atoms with E-state index in [2.05, 4.69) is 34.9 Å². The van der Waals surface area contributed by atoms with Crippen molar-refractivity contribution in [1.29, 1.82) is 0 Å². The van der Waals surface area contributed by atoms with Gasteiger partial charge >= 0.3 is 12.1 Å². The Morgan fingerprint density at radius 1 is 1.06 bits per heavy atom.